The van der Waals surface area contributed by atoms with Crippen LogP contribution in [0.25, 0.3) is 11.0 Å². The number of likely N-dealkylation sites (N-methyl/N-ethyl adjacent to an activating group) is 1. The Morgan fingerprint density at radius 2 is 1.73 bits per heavy atom. The predicted octanol–water partition coefficient (Wildman–Crippen LogP) is 6.94. The summed E-state index contributed by atoms with van der Waals surface area (Å²) in [7, 11) is 5.28. The highest BCUT2D eigenvalue weighted by atomic mass is 16.1. The maximum atomic E-state index is 9.43. The van der Waals surface area contributed by atoms with E-state index in [0.717, 1.165) is 55.9 Å². The molecule has 1 fully saturated rings. The van der Waals surface area contributed by atoms with Gasteiger partial charge in [0.2, 0.25) is 6.41 Å². The minimum atomic E-state index is 0.420. The molecule has 1 aliphatic rings. The molecular weight excluding hydrogens is 558 g/mol. The Bertz CT molecular complexity index is 1430. The van der Waals surface area contributed by atoms with Gasteiger partial charge in [-0.3, -0.25) is 9.69 Å². The Hall–Kier alpha value is -4.01. The van der Waals surface area contributed by atoms with Gasteiger partial charge in [-0.05, 0) is 68.3 Å². The summed E-state index contributed by atoms with van der Waals surface area (Å²) in [6, 6.07) is 24.3. The number of benzene rings is 3. The van der Waals surface area contributed by atoms with Crippen LogP contribution in [0.15, 0.2) is 73.1 Å². The van der Waals surface area contributed by atoms with Crippen molar-refractivity contribution >= 4 is 29.3 Å². The first-order valence-corrected chi connectivity index (χ1v) is 16.1. The number of rotatable bonds is 8. The molecule has 1 saturated heterocycles. The van der Waals surface area contributed by atoms with Crippen LogP contribution in [0.4, 0.5) is 5.69 Å². The van der Waals surface area contributed by atoms with Crippen LogP contribution in [0.3, 0.4) is 0 Å². The summed E-state index contributed by atoms with van der Waals surface area (Å²) >= 11 is 0. The van der Waals surface area contributed by atoms with E-state index in [1.54, 1.807) is 14.1 Å². The van der Waals surface area contributed by atoms with E-state index >= 15 is 0 Å². The van der Waals surface area contributed by atoms with Crippen molar-refractivity contribution in [1.82, 2.24) is 24.3 Å². The Balaban J connectivity index is 0.000000264. The molecular formula is C37H55N7O. The highest BCUT2D eigenvalue weighted by molar-refractivity contribution is 5.86. The van der Waals surface area contributed by atoms with Crippen molar-refractivity contribution in [2.75, 3.05) is 52.6 Å². The Morgan fingerprint density at radius 1 is 1.04 bits per heavy atom. The fourth-order valence-corrected chi connectivity index (χ4v) is 5.26. The van der Waals surface area contributed by atoms with E-state index in [9.17, 15) is 4.79 Å². The first kappa shape index (κ1) is 37.2. The lowest BCUT2D eigenvalue weighted by Crippen LogP contribution is -2.50. The molecule has 1 amide bonds. The highest BCUT2D eigenvalue weighted by Crippen LogP contribution is 2.29. The molecule has 0 saturated carbocycles. The van der Waals surface area contributed by atoms with Crippen molar-refractivity contribution in [2.45, 2.75) is 60.2 Å². The number of amides is 1. The van der Waals surface area contributed by atoms with E-state index in [2.05, 4.69) is 113 Å². The SMILES string of the molecule is CC.CCN1CCN(C(C)C)C(c2ccc(NC)c(C=N)c2)C1.CN(C)C=O.Cc1ccc2ncn(Cc3ccccc3)c2c1. The van der Waals surface area contributed by atoms with Gasteiger partial charge in [0.15, 0.2) is 0 Å². The van der Waals surface area contributed by atoms with Gasteiger partial charge >= 0.3 is 0 Å². The fourth-order valence-electron chi connectivity index (χ4n) is 5.26. The molecule has 1 unspecified atom stereocenters. The molecule has 2 N–H and O–H groups in total. The normalized spacial score (nSPS) is 14.7. The van der Waals surface area contributed by atoms with Gasteiger partial charge in [-0.1, -0.05) is 63.2 Å². The molecule has 3 aromatic carbocycles. The standard InChI is InChI=1S/C17H28N4.C15H14N2.C3H7NO.C2H6/c1-5-20-8-9-21(13(2)3)17(12-20)14-6-7-16(19-4)15(10-14)11-18;1-12-7-8-14-15(9-12)17(11-16-14)10-13-5-3-2-4-6-13;1-4(2)3-5;1-2/h6-7,10-11,13,17-19H,5,8-9,12H2,1-4H3;2-9,11H,10H2,1H3;3H,1-2H3;1-2H3. The molecule has 5 rings (SSSR count). The minimum Gasteiger partial charge on any atom is -0.388 e. The fraction of sp³-hybridized carbons (Fsp3) is 0.432. The summed E-state index contributed by atoms with van der Waals surface area (Å²) in [6.45, 7) is 18.2. The van der Waals surface area contributed by atoms with E-state index in [1.807, 2.05) is 33.3 Å². The highest BCUT2D eigenvalue weighted by Gasteiger charge is 2.29. The number of piperazine rings is 1. The molecule has 0 bridgehead atoms. The van der Waals surface area contributed by atoms with Crippen molar-refractivity contribution in [2.24, 2.45) is 0 Å². The topological polar surface area (TPSA) is 80.5 Å². The largest absolute Gasteiger partial charge is 0.388 e. The molecule has 0 spiro atoms. The lowest BCUT2D eigenvalue weighted by Gasteiger charge is -2.43. The number of imidazole rings is 1. The van der Waals surface area contributed by atoms with Gasteiger partial charge in [0, 0.05) is 76.9 Å². The third kappa shape index (κ3) is 11.1. The zero-order valence-electron chi connectivity index (χ0n) is 28.9. The summed E-state index contributed by atoms with van der Waals surface area (Å²) in [5.41, 5.74) is 8.14. The summed E-state index contributed by atoms with van der Waals surface area (Å²) in [5.74, 6) is 0. The molecule has 0 aliphatic carbocycles. The second-order valence-electron chi connectivity index (χ2n) is 11.4. The Labute approximate surface area is 271 Å². The summed E-state index contributed by atoms with van der Waals surface area (Å²) in [4.78, 5) is 20.4. The van der Waals surface area contributed by atoms with Gasteiger partial charge in [0.25, 0.3) is 0 Å². The number of nitrogens with one attached hydrogen (secondary N) is 2. The number of aryl methyl sites for hydroxylation is 1. The van der Waals surface area contributed by atoms with Crippen LogP contribution in [0, 0.1) is 12.3 Å². The first-order chi connectivity index (χ1) is 21.7. The second kappa shape index (κ2) is 19.4. The van der Waals surface area contributed by atoms with E-state index in [1.165, 1.54) is 33.3 Å². The number of hydrogen-bond donors (Lipinski definition) is 2. The van der Waals surface area contributed by atoms with E-state index in [0.29, 0.717) is 12.1 Å². The average Bonchev–Trinajstić information content (AvgIpc) is 3.47. The number of carbonyl (C=O) groups is 1. The molecule has 2 heterocycles. The maximum Gasteiger partial charge on any atom is 0.209 e. The van der Waals surface area contributed by atoms with Crippen molar-refractivity contribution in [1.29, 1.82) is 5.41 Å². The van der Waals surface area contributed by atoms with Crippen LogP contribution in [-0.4, -0.2) is 90.2 Å². The van der Waals surface area contributed by atoms with E-state index < -0.39 is 0 Å². The van der Waals surface area contributed by atoms with E-state index in [4.69, 9.17) is 5.41 Å². The summed E-state index contributed by atoms with van der Waals surface area (Å²) in [5, 5.41) is 10.8. The van der Waals surface area contributed by atoms with Crippen LogP contribution in [-0.2, 0) is 11.3 Å². The molecule has 1 aromatic heterocycles. The third-order valence-corrected chi connectivity index (χ3v) is 7.68. The first-order valence-electron chi connectivity index (χ1n) is 16.1. The number of nitrogens with zero attached hydrogens (tertiary/aromatic N) is 5. The van der Waals surface area contributed by atoms with Gasteiger partial charge in [0.1, 0.15) is 0 Å². The number of carbonyl (C=O) groups excluding carboxylic acids is 1. The molecule has 0 radical (unpaired) electrons. The van der Waals surface area contributed by atoms with Crippen molar-refractivity contribution in [3.63, 3.8) is 0 Å². The molecule has 244 valence electrons. The lowest BCUT2D eigenvalue weighted by molar-refractivity contribution is -0.115. The van der Waals surface area contributed by atoms with Gasteiger partial charge in [-0.2, -0.15) is 0 Å². The minimum absolute atomic E-state index is 0.420. The Kier molecular flexibility index (Phi) is 16.0. The van der Waals surface area contributed by atoms with Crippen molar-refractivity contribution in [3.8, 4) is 0 Å². The zero-order valence-corrected chi connectivity index (χ0v) is 28.9. The molecule has 8 heteroatoms. The quantitative estimate of drug-likeness (QED) is 0.166. The lowest BCUT2D eigenvalue weighted by atomic mass is 9.98. The summed E-state index contributed by atoms with van der Waals surface area (Å²) in [6.07, 6.45) is 4.10. The monoisotopic (exact) mass is 613 g/mol. The number of fused-ring (bicyclic) bond motifs is 1. The molecule has 4 aromatic rings. The van der Waals surface area contributed by atoms with Crippen LogP contribution < -0.4 is 5.32 Å². The zero-order chi connectivity index (χ0) is 33.4. The van der Waals surface area contributed by atoms with Gasteiger partial charge in [-0.25, -0.2) is 4.98 Å². The van der Waals surface area contributed by atoms with Crippen LogP contribution in [0.2, 0.25) is 0 Å². The maximum absolute atomic E-state index is 9.43. The third-order valence-electron chi connectivity index (χ3n) is 7.68. The van der Waals surface area contributed by atoms with Crippen LogP contribution in [0.1, 0.15) is 62.9 Å². The molecule has 1 atom stereocenters. The van der Waals surface area contributed by atoms with E-state index in [-0.39, 0.29) is 0 Å². The molecule has 45 heavy (non-hydrogen) atoms. The van der Waals surface area contributed by atoms with Crippen LogP contribution in [0.5, 0.6) is 0 Å². The Morgan fingerprint density at radius 3 is 2.31 bits per heavy atom. The van der Waals surface area contributed by atoms with Crippen LogP contribution >= 0.6 is 0 Å². The van der Waals surface area contributed by atoms with Gasteiger partial charge in [0.05, 0.1) is 17.4 Å². The number of anilines is 1. The number of aromatic nitrogens is 2. The molecule has 8 nitrogen and oxygen atoms in total. The smallest absolute Gasteiger partial charge is 0.209 e. The van der Waals surface area contributed by atoms with Crippen molar-refractivity contribution in [3.05, 3.63) is 95.3 Å². The summed E-state index contributed by atoms with van der Waals surface area (Å²) < 4.78 is 2.19. The average molecular weight is 614 g/mol. The number of hydrogen-bond acceptors (Lipinski definition) is 6. The van der Waals surface area contributed by atoms with Crippen molar-refractivity contribution < 1.29 is 4.79 Å². The van der Waals surface area contributed by atoms with Gasteiger partial charge < -0.3 is 25.1 Å². The second-order valence-corrected chi connectivity index (χ2v) is 11.4. The predicted molar refractivity (Wildman–Crippen MR) is 192 cm³/mol. The molecule has 1 aliphatic heterocycles. The van der Waals surface area contributed by atoms with Gasteiger partial charge in [-0.15, -0.1) is 0 Å².